The number of hydrogen-bond acceptors (Lipinski definition) is 5. The third kappa shape index (κ3) is 4.45. The van der Waals surface area contributed by atoms with Gasteiger partial charge in [-0.3, -0.25) is 9.52 Å². The standard InChI is InChI=1S/C20H24N2O5S/c1-26-14-17-4-3-13-22(17)20(23)15-5-11-19(12-6-15)28(24,25)21-16-7-9-18(27-2)10-8-16/h5-12,17,21H,3-4,13-14H2,1-2H3/t17-/m0/s1. The zero-order chi connectivity index (χ0) is 20.1. The van der Waals surface area contributed by atoms with E-state index in [-0.39, 0.29) is 16.8 Å². The number of carbonyl (C=O) groups excluding carboxylic acids is 1. The fourth-order valence-electron chi connectivity index (χ4n) is 3.28. The van der Waals surface area contributed by atoms with E-state index in [1.807, 2.05) is 0 Å². The van der Waals surface area contributed by atoms with Gasteiger partial charge in [0.15, 0.2) is 0 Å². The third-order valence-electron chi connectivity index (χ3n) is 4.75. The first kappa shape index (κ1) is 20.2. The van der Waals surface area contributed by atoms with Crippen LogP contribution in [-0.4, -0.2) is 52.6 Å². The summed E-state index contributed by atoms with van der Waals surface area (Å²) in [5.41, 5.74) is 0.895. The lowest BCUT2D eigenvalue weighted by molar-refractivity contribution is 0.0630. The van der Waals surface area contributed by atoms with Gasteiger partial charge in [0.1, 0.15) is 5.75 Å². The van der Waals surface area contributed by atoms with Crippen LogP contribution in [0.1, 0.15) is 23.2 Å². The molecule has 1 aliphatic rings. The summed E-state index contributed by atoms with van der Waals surface area (Å²) < 4.78 is 37.9. The molecule has 2 aromatic carbocycles. The lowest BCUT2D eigenvalue weighted by Crippen LogP contribution is -2.38. The molecule has 1 atom stereocenters. The topological polar surface area (TPSA) is 84.9 Å². The highest BCUT2D eigenvalue weighted by Crippen LogP contribution is 2.22. The van der Waals surface area contributed by atoms with Gasteiger partial charge in [-0.25, -0.2) is 8.42 Å². The van der Waals surface area contributed by atoms with Crippen LogP contribution < -0.4 is 9.46 Å². The number of rotatable bonds is 7. The second-order valence-electron chi connectivity index (χ2n) is 6.61. The number of anilines is 1. The van der Waals surface area contributed by atoms with Gasteiger partial charge in [-0.15, -0.1) is 0 Å². The fraction of sp³-hybridized carbons (Fsp3) is 0.350. The Morgan fingerprint density at radius 3 is 2.39 bits per heavy atom. The van der Waals surface area contributed by atoms with Gasteiger partial charge in [-0.1, -0.05) is 0 Å². The Balaban J connectivity index is 1.72. The van der Waals surface area contributed by atoms with Gasteiger partial charge in [-0.05, 0) is 61.4 Å². The van der Waals surface area contributed by atoms with Crippen LogP contribution in [0.2, 0.25) is 0 Å². The van der Waals surface area contributed by atoms with E-state index in [9.17, 15) is 13.2 Å². The number of likely N-dealkylation sites (tertiary alicyclic amines) is 1. The van der Waals surface area contributed by atoms with E-state index in [0.717, 1.165) is 12.8 Å². The van der Waals surface area contributed by atoms with Gasteiger partial charge in [0.05, 0.1) is 24.7 Å². The van der Waals surface area contributed by atoms with Crippen molar-refractivity contribution in [3.05, 3.63) is 54.1 Å². The summed E-state index contributed by atoms with van der Waals surface area (Å²) in [5.74, 6) is 0.533. The molecular weight excluding hydrogens is 380 g/mol. The number of nitrogens with zero attached hydrogens (tertiary/aromatic N) is 1. The molecule has 0 spiro atoms. The first-order valence-corrected chi connectivity index (χ1v) is 10.5. The molecule has 0 unspecified atom stereocenters. The van der Waals surface area contributed by atoms with Crippen LogP contribution in [0.25, 0.3) is 0 Å². The number of sulfonamides is 1. The molecule has 1 heterocycles. The van der Waals surface area contributed by atoms with Crippen molar-refractivity contribution in [2.24, 2.45) is 0 Å². The van der Waals surface area contributed by atoms with Crippen LogP contribution >= 0.6 is 0 Å². The van der Waals surface area contributed by atoms with Crippen LogP contribution in [0.4, 0.5) is 5.69 Å². The van der Waals surface area contributed by atoms with Crippen LogP contribution in [0, 0.1) is 0 Å². The van der Waals surface area contributed by atoms with E-state index >= 15 is 0 Å². The molecular formula is C20H24N2O5S. The van der Waals surface area contributed by atoms with Crippen molar-refractivity contribution in [3.8, 4) is 5.75 Å². The average molecular weight is 404 g/mol. The minimum Gasteiger partial charge on any atom is -0.497 e. The van der Waals surface area contributed by atoms with Crippen molar-refractivity contribution in [2.45, 2.75) is 23.8 Å². The fourth-order valence-corrected chi connectivity index (χ4v) is 4.34. The smallest absolute Gasteiger partial charge is 0.261 e. The monoisotopic (exact) mass is 404 g/mol. The molecule has 0 saturated carbocycles. The molecule has 0 bridgehead atoms. The Hall–Kier alpha value is -2.58. The molecule has 1 aliphatic heterocycles. The highest BCUT2D eigenvalue weighted by molar-refractivity contribution is 7.92. The molecule has 1 fully saturated rings. The summed E-state index contributed by atoms with van der Waals surface area (Å²) in [5, 5.41) is 0. The van der Waals surface area contributed by atoms with E-state index in [2.05, 4.69) is 4.72 Å². The Labute approximate surface area is 165 Å². The van der Waals surface area contributed by atoms with E-state index in [0.29, 0.717) is 30.2 Å². The van der Waals surface area contributed by atoms with Crippen molar-refractivity contribution < 1.29 is 22.7 Å². The maximum Gasteiger partial charge on any atom is 0.261 e. The Kier molecular flexibility index (Phi) is 6.21. The summed E-state index contributed by atoms with van der Waals surface area (Å²) in [4.78, 5) is 14.6. The summed E-state index contributed by atoms with van der Waals surface area (Å²) in [7, 11) is -0.585. The molecule has 1 amide bonds. The maximum atomic E-state index is 12.7. The number of benzene rings is 2. The van der Waals surface area contributed by atoms with Crippen molar-refractivity contribution in [1.29, 1.82) is 0 Å². The van der Waals surface area contributed by atoms with Crippen molar-refractivity contribution in [1.82, 2.24) is 4.90 Å². The lowest BCUT2D eigenvalue weighted by atomic mass is 10.2. The molecule has 0 aliphatic carbocycles. The lowest BCUT2D eigenvalue weighted by Gasteiger charge is -2.24. The molecule has 3 rings (SSSR count). The van der Waals surface area contributed by atoms with Crippen molar-refractivity contribution in [2.75, 3.05) is 32.1 Å². The molecule has 28 heavy (non-hydrogen) atoms. The first-order valence-electron chi connectivity index (χ1n) is 9.01. The Morgan fingerprint density at radius 2 is 1.79 bits per heavy atom. The largest absolute Gasteiger partial charge is 0.497 e. The van der Waals surface area contributed by atoms with Gasteiger partial charge in [0.2, 0.25) is 0 Å². The van der Waals surface area contributed by atoms with E-state index in [4.69, 9.17) is 9.47 Å². The highest BCUT2D eigenvalue weighted by Gasteiger charge is 2.29. The molecule has 2 aromatic rings. The maximum absolute atomic E-state index is 12.7. The van der Waals surface area contributed by atoms with Gasteiger partial charge < -0.3 is 14.4 Å². The zero-order valence-electron chi connectivity index (χ0n) is 15.9. The second-order valence-corrected chi connectivity index (χ2v) is 8.29. The number of ether oxygens (including phenoxy) is 2. The summed E-state index contributed by atoms with van der Waals surface area (Å²) in [6, 6.07) is 12.6. The van der Waals surface area contributed by atoms with Crippen molar-refractivity contribution >= 4 is 21.6 Å². The SMILES string of the molecule is COC[C@@H]1CCCN1C(=O)c1ccc(S(=O)(=O)Nc2ccc(OC)cc2)cc1. The highest BCUT2D eigenvalue weighted by atomic mass is 32.2. The Morgan fingerprint density at radius 1 is 1.11 bits per heavy atom. The van der Waals surface area contributed by atoms with Crippen LogP contribution in [0.5, 0.6) is 5.75 Å². The predicted molar refractivity (Wildman–Crippen MR) is 106 cm³/mol. The van der Waals surface area contributed by atoms with Crippen molar-refractivity contribution in [3.63, 3.8) is 0 Å². The molecule has 150 valence electrons. The molecule has 8 heteroatoms. The van der Waals surface area contributed by atoms with Gasteiger partial charge in [-0.2, -0.15) is 0 Å². The molecule has 0 radical (unpaired) electrons. The average Bonchev–Trinajstić information content (AvgIpc) is 3.16. The molecule has 1 N–H and O–H groups in total. The number of hydrogen-bond donors (Lipinski definition) is 1. The second kappa shape index (κ2) is 8.62. The normalized spacial score (nSPS) is 16.8. The number of amides is 1. The third-order valence-corrected chi connectivity index (χ3v) is 6.15. The summed E-state index contributed by atoms with van der Waals surface area (Å²) in [6.45, 7) is 1.19. The molecule has 0 aromatic heterocycles. The number of carbonyl (C=O) groups is 1. The summed E-state index contributed by atoms with van der Waals surface area (Å²) >= 11 is 0. The quantitative estimate of drug-likeness (QED) is 0.767. The molecule has 7 nitrogen and oxygen atoms in total. The van der Waals surface area contributed by atoms with Gasteiger partial charge in [0.25, 0.3) is 15.9 Å². The van der Waals surface area contributed by atoms with Gasteiger partial charge in [0, 0.05) is 24.9 Å². The minimum absolute atomic E-state index is 0.0673. The van der Waals surface area contributed by atoms with Crippen LogP contribution in [0.3, 0.4) is 0 Å². The minimum atomic E-state index is -3.75. The van der Waals surface area contributed by atoms with E-state index < -0.39 is 10.0 Å². The molecule has 1 saturated heterocycles. The van der Waals surface area contributed by atoms with Crippen LogP contribution in [0.15, 0.2) is 53.4 Å². The van der Waals surface area contributed by atoms with Crippen LogP contribution in [-0.2, 0) is 14.8 Å². The van der Waals surface area contributed by atoms with E-state index in [1.54, 1.807) is 55.5 Å². The summed E-state index contributed by atoms with van der Waals surface area (Å²) in [6.07, 6.45) is 1.86. The van der Waals surface area contributed by atoms with Gasteiger partial charge >= 0.3 is 0 Å². The predicted octanol–water partition coefficient (Wildman–Crippen LogP) is 2.75. The zero-order valence-corrected chi connectivity index (χ0v) is 16.7. The first-order chi connectivity index (χ1) is 13.4. The number of nitrogens with one attached hydrogen (secondary N) is 1. The number of methoxy groups -OCH3 is 2. The Bertz CT molecular complexity index is 911. The van der Waals surface area contributed by atoms with E-state index in [1.165, 1.54) is 12.1 Å².